The van der Waals surface area contributed by atoms with E-state index in [1.807, 2.05) is 19.1 Å². The molecule has 5 heteroatoms. The van der Waals surface area contributed by atoms with Gasteiger partial charge in [0.25, 0.3) is 5.91 Å². The minimum atomic E-state index is -0.204. The maximum absolute atomic E-state index is 12.3. The molecule has 0 aliphatic rings. The summed E-state index contributed by atoms with van der Waals surface area (Å²) in [7, 11) is 0. The molecule has 0 radical (unpaired) electrons. The molecule has 1 heterocycles. The number of pyridine rings is 1. The Morgan fingerprint density at radius 2 is 2.00 bits per heavy atom. The monoisotopic (exact) mass is 331 g/mol. The number of rotatable bonds is 6. The van der Waals surface area contributed by atoms with Gasteiger partial charge in [0.1, 0.15) is 0 Å². The van der Waals surface area contributed by atoms with Crippen molar-refractivity contribution in [2.24, 2.45) is 5.92 Å². The van der Waals surface area contributed by atoms with Crippen molar-refractivity contribution in [1.29, 1.82) is 0 Å². The summed E-state index contributed by atoms with van der Waals surface area (Å²) in [5.74, 6) is 0.429. The van der Waals surface area contributed by atoms with Crippen molar-refractivity contribution in [3.8, 4) is 0 Å². The van der Waals surface area contributed by atoms with E-state index in [-0.39, 0.29) is 5.91 Å². The normalized spacial score (nSPS) is 10.7. The van der Waals surface area contributed by atoms with Crippen molar-refractivity contribution in [3.63, 3.8) is 0 Å². The van der Waals surface area contributed by atoms with Crippen molar-refractivity contribution in [1.82, 2.24) is 4.98 Å². The van der Waals surface area contributed by atoms with Crippen LogP contribution in [-0.4, -0.2) is 17.4 Å². The van der Waals surface area contributed by atoms with E-state index in [1.54, 1.807) is 24.5 Å². The van der Waals surface area contributed by atoms with Crippen LogP contribution in [0.3, 0.4) is 0 Å². The summed E-state index contributed by atoms with van der Waals surface area (Å²) < 4.78 is 0. The number of hydrogen-bond acceptors (Lipinski definition) is 3. The fourth-order valence-corrected chi connectivity index (χ4v) is 2.22. The van der Waals surface area contributed by atoms with Gasteiger partial charge in [0.05, 0.1) is 11.3 Å². The average molecular weight is 332 g/mol. The van der Waals surface area contributed by atoms with Crippen LogP contribution in [0.25, 0.3) is 0 Å². The predicted octanol–water partition coefficient (Wildman–Crippen LogP) is 4.75. The highest BCUT2D eigenvalue weighted by Gasteiger charge is 2.08. The van der Waals surface area contributed by atoms with Crippen LogP contribution in [0.5, 0.6) is 0 Å². The second-order valence-corrected chi connectivity index (χ2v) is 6.40. The molecule has 0 aliphatic carbocycles. The van der Waals surface area contributed by atoms with E-state index >= 15 is 0 Å². The highest BCUT2D eigenvalue weighted by Crippen LogP contribution is 2.20. The summed E-state index contributed by atoms with van der Waals surface area (Å²) in [6, 6.07) is 7.25. The standard InChI is InChI=1S/C18H22ClN3O/c1-12(2)6-7-21-16-8-14(10-20-11-16)18(23)22-15-5-4-13(3)17(19)9-15/h4-5,8-12,21H,6-7H2,1-3H3,(H,22,23). The maximum atomic E-state index is 12.3. The number of carbonyl (C=O) groups excluding carboxylic acids is 1. The first-order chi connectivity index (χ1) is 11.0. The molecular formula is C18H22ClN3O. The number of aryl methyl sites for hydroxylation is 1. The van der Waals surface area contributed by atoms with Crippen molar-refractivity contribution < 1.29 is 4.79 Å². The van der Waals surface area contributed by atoms with Gasteiger partial charge in [0.15, 0.2) is 0 Å². The van der Waals surface area contributed by atoms with Gasteiger partial charge in [-0.3, -0.25) is 9.78 Å². The molecule has 122 valence electrons. The Morgan fingerprint density at radius 1 is 1.22 bits per heavy atom. The van der Waals surface area contributed by atoms with Crippen LogP contribution < -0.4 is 10.6 Å². The number of nitrogens with one attached hydrogen (secondary N) is 2. The molecule has 0 bridgehead atoms. The number of nitrogens with zero attached hydrogens (tertiary/aromatic N) is 1. The molecule has 0 unspecified atom stereocenters. The Kier molecular flexibility index (Phi) is 5.99. The first-order valence-corrected chi connectivity index (χ1v) is 8.10. The molecule has 0 saturated heterocycles. The molecule has 0 aliphatic heterocycles. The van der Waals surface area contributed by atoms with Crippen molar-refractivity contribution in [2.45, 2.75) is 27.2 Å². The lowest BCUT2D eigenvalue weighted by Gasteiger charge is -2.10. The topological polar surface area (TPSA) is 54.0 Å². The molecule has 2 aromatic rings. The molecule has 0 saturated carbocycles. The van der Waals surface area contributed by atoms with Gasteiger partial charge in [-0.25, -0.2) is 0 Å². The van der Waals surface area contributed by atoms with Crippen LogP contribution in [0.2, 0.25) is 5.02 Å². The molecule has 23 heavy (non-hydrogen) atoms. The third-order valence-electron chi connectivity index (χ3n) is 3.48. The van der Waals surface area contributed by atoms with Gasteiger partial charge >= 0.3 is 0 Å². The zero-order chi connectivity index (χ0) is 16.8. The van der Waals surface area contributed by atoms with Gasteiger partial charge < -0.3 is 10.6 Å². The Balaban J connectivity index is 2.02. The molecule has 1 aromatic carbocycles. The van der Waals surface area contributed by atoms with Crippen LogP contribution >= 0.6 is 11.6 Å². The highest BCUT2D eigenvalue weighted by molar-refractivity contribution is 6.31. The average Bonchev–Trinajstić information content (AvgIpc) is 2.51. The minimum absolute atomic E-state index is 0.204. The Hall–Kier alpha value is -2.07. The molecular weight excluding hydrogens is 310 g/mol. The summed E-state index contributed by atoms with van der Waals surface area (Å²) in [6.45, 7) is 7.13. The SMILES string of the molecule is Cc1ccc(NC(=O)c2cncc(NCCC(C)C)c2)cc1Cl. The van der Waals surface area contributed by atoms with Crippen LogP contribution in [0.15, 0.2) is 36.7 Å². The lowest BCUT2D eigenvalue weighted by atomic mass is 10.1. The molecule has 0 fully saturated rings. The van der Waals surface area contributed by atoms with E-state index in [0.29, 0.717) is 22.2 Å². The van der Waals surface area contributed by atoms with Gasteiger partial charge in [0, 0.05) is 29.6 Å². The third kappa shape index (κ3) is 5.25. The Bertz CT molecular complexity index is 686. The lowest BCUT2D eigenvalue weighted by molar-refractivity contribution is 0.102. The first-order valence-electron chi connectivity index (χ1n) is 7.72. The van der Waals surface area contributed by atoms with E-state index in [4.69, 9.17) is 11.6 Å². The van der Waals surface area contributed by atoms with Crippen molar-refractivity contribution in [2.75, 3.05) is 17.2 Å². The van der Waals surface area contributed by atoms with E-state index in [9.17, 15) is 4.79 Å². The second-order valence-electron chi connectivity index (χ2n) is 5.99. The molecule has 2 N–H and O–H groups in total. The molecule has 2 rings (SSSR count). The fourth-order valence-electron chi connectivity index (χ4n) is 2.04. The fraction of sp³-hybridized carbons (Fsp3) is 0.333. The summed E-state index contributed by atoms with van der Waals surface area (Å²) in [5, 5.41) is 6.75. The third-order valence-corrected chi connectivity index (χ3v) is 3.89. The zero-order valence-corrected chi connectivity index (χ0v) is 14.4. The van der Waals surface area contributed by atoms with Gasteiger partial charge in [-0.1, -0.05) is 31.5 Å². The van der Waals surface area contributed by atoms with Crippen LogP contribution in [-0.2, 0) is 0 Å². The molecule has 1 amide bonds. The zero-order valence-electron chi connectivity index (χ0n) is 13.7. The Labute approximate surface area is 142 Å². The van der Waals surface area contributed by atoms with Crippen molar-refractivity contribution in [3.05, 3.63) is 52.8 Å². The van der Waals surface area contributed by atoms with Gasteiger partial charge in [-0.05, 0) is 43.0 Å². The van der Waals surface area contributed by atoms with Gasteiger partial charge in [-0.2, -0.15) is 0 Å². The number of halogens is 1. The van der Waals surface area contributed by atoms with Crippen LogP contribution in [0.1, 0.15) is 36.2 Å². The van der Waals surface area contributed by atoms with Gasteiger partial charge in [-0.15, -0.1) is 0 Å². The summed E-state index contributed by atoms with van der Waals surface area (Å²) in [6.07, 6.45) is 4.34. The second kappa shape index (κ2) is 7.97. The summed E-state index contributed by atoms with van der Waals surface area (Å²) >= 11 is 6.08. The minimum Gasteiger partial charge on any atom is -0.384 e. The van der Waals surface area contributed by atoms with E-state index < -0.39 is 0 Å². The summed E-state index contributed by atoms with van der Waals surface area (Å²) in [4.78, 5) is 16.4. The number of hydrogen-bond donors (Lipinski definition) is 2. The first kappa shape index (κ1) is 17.3. The molecule has 0 spiro atoms. The maximum Gasteiger partial charge on any atom is 0.257 e. The number of anilines is 2. The van der Waals surface area contributed by atoms with Gasteiger partial charge in [0.2, 0.25) is 0 Å². The molecule has 0 atom stereocenters. The van der Waals surface area contributed by atoms with Crippen molar-refractivity contribution >= 4 is 28.9 Å². The number of benzene rings is 1. The summed E-state index contributed by atoms with van der Waals surface area (Å²) in [5.41, 5.74) is 3.00. The van der Waals surface area contributed by atoms with Crippen LogP contribution in [0.4, 0.5) is 11.4 Å². The lowest BCUT2D eigenvalue weighted by Crippen LogP contribution is -2.13. The Morgan fingerprint density at radius 3 is 2.70 bits per heavy atom. The number of amides is 1. The number of aromatic nitrogens is 1. The van der Waals surface area contributed by atoms with E-state index in [1.165, 1.54) is 0 Å². The van der Waals surface area contributed by atoms with E-state index in [2.05, 4.69) is 29.5 Å². The predicted molar refractivity (Wildman–Crippen MR) is 96.3 cm³/mol. The number of carbonyl (C=O) groups is 1. The quantitative estimate of drug-likeness (QED) is 0.802. The molecule has 4 nitrogen and oxygen atoms in total. The largest absolute Gasteiger partial charge is 0.384 e. The highest BCUT2D eigenvalue weighted by atomic mass is 35.5. The smallest absolute Gasteiger partial charge is 0.257 e. The van der Waals surface area contributed by atoms with E-state index in [0.717, 1.165) is 24.2 Å². The van der Waals surface area contributed by atoms with Crippen LogP contribution in [0, 0.1) is 12.8 Å². The molecule has 1 aromatic heterocycles.